The van der Waals surface area contributed by atoms with Gasteiger partial charge in [-0.15, -0.1) is 0 Å². The number of benzene rings is 1. The van der Waals surface area contributed by atoms with Gasteiger partial charge in [0.2, 0.25) is 5.91 Å². The van der Waals surface area contributed by atoms with E-state index in [1.165, 1.54) is 0 Å². The van der Waals surface area contributed by atoms with Gasteiger partial charge in [0, 0.05) is 25.2 Å². The van der Waals surface area contributed by atoms with Crippen molar-refractivity contribution in [2.75, 3.05) is 19.6 Å². The first-order valence-corrected chi connectivity index (χ1v) is 9.20. The number of aliphatic hydroxyl groups excluding tert-OH is 1. The summed E-state index contributed by atoms with van der Waals surface area (Å²) in [7, 11) is 0. The third-order valence-electron chi connectivity index (χ3n) is 4.89. The molecule has 1 aromatic carbocycles. The molecule has 0 spiro atoms. The Labute approximate surface area is 150 Å². The Morgan fingerprint density at radius 3 is 2.60 bits per heavy atom. The summed E-state index contributed by atoms with van der Waals surface area (Å²) in [6.45, 7) is 7.55. The zero-order valence-corrected chi connectivity index (χ0v) is 15.5. The molecular formula is C20H30N2O3. The molecule has 2 N–H and O–H groups in total. The maximum atomic E-state index is 12.6. The number of carbonyl (C=O) groups is 2. The van der Waals surface area contributed by atoms with E-state index in [0.29, 0.717) is 31.6 Å². The average molecular weight is 346 g/mol. The van der Waals surface area contributed by atoms with Crippen LogP contribution < -0.4 is 5.32 Å². The molecule has 1 heterocycles. The normalized spacial score (nSPS) is 18.9. The lowest BCUT2D eigenvalue weighted by molar-refractivity contribution is -0.126. The maximum Gasteiger partial charge on any atom is 0.253 e. The molecule has 0 radical (unpaired) electrons. The molecule has 1 aliphatic heterocycles. The second kappa shape index (κ2) is 8.99. The Hall–Kier alpha value is -1.88. The molecule has 25 heavy (non-hydrogen) atoms. The number of amides is 2. The van der Waals surface area contributed by atoms with E-state index < -0.39 is 6.10 Å². The molecule has 1 fully saturated rings. The van der Waals surface area contributed by atoms with Crippen molar-refractivity contribution >= 4 is 11.8 Å². The van der Waals surface area contributed by atoms with E-state index in [0.717, 1.165) is 18.4 Å². The summed E-state index contributed by atoms with van der Waals surface area (Å²) in [5.74, 6) is -0.00126. The third kappa shape index (κ3) is 5.56. The van der Waals surface area contributed by atoms with Crippen LogP contribution in [0, 0.1) is 18.8 Å². The second-order valence-corrected chi connectivity index (χ2v) is 7.35. The average Bonchev–Trinajstić information content (AvgIpc) is 2.61. The molecule has 5 heteroatoms. The number of hydrogen-bond donors (Lipinski definition) is 2. The Morgan fingerprint density at radius 1 is 1.28 bits per heavy atom. The Morgan fingerprint density at radius 2 is 1.96 bits per heavy atom. The standard InChI is InChI=1S/C20H30N2O3/c1-14(2)18(23)10-11-21-19(24)17-5-4-12-22(13-17)20(25)16-8-6-15(3)7-9-16/h6-9,14,17-18,23H,4-5,10-13H2,1-3H3,(H,21,24). The zero-order chi connectivity index (χ0) is 18.4. The minimum absolute atomic E-state index is 0.00673. The summed E-state index contributed by atoms with van der Waals surface area (Å²) >= 11 is 0. The fraction of sp³-hybridized carbons (Fsp3) is 0.600. The van der Waals surface area contributed by atoms with Crippen molar-refractivity contribution in [3.63, 3.8) is 0 Å². The van der Waals surface area contributed by atoms with Crippen LogP contribution >= 0.6 is 0 Å². The first kappa shape index (κ1) is 19.4. The molecule has 2 atom stereocenters. The van der Waals surface area contributed by atoms with Gasteiger partial charge in [0.15, 0.2) is 0 Å². The van der Waals surface area contributed by atoms with Gasteiger partial charge in [-0.05, 0) is 44.2 Å². The predicted molar refractivity (Wildman–Crippen MR) is 98.3 cm³/mol. The molecule has 2 rings (SSSR count). The molecule has 1 aromatic rings. The summed E-state index contributed by atoms with van der Waals surface area (Å²) in [6, 6.07) is 7.55. The highest BCUT2D eigenvalue weighted by Crippen LogP contribution is 2.19. The summed E-state index contributed by atoms with van der Waals surface area (Å²) < 4.78 is 0. The molecule has 5 nitrogen and oxygen atoms in total. The molecule has 0 saturated carbocycles. The number of likely N-dealkylation sites (tertiary alicyclic amines) is 1. The Balaban J connectivity index is 1.86. The number of hydrogen-bond acceptors (Lipinski definition) is 3. The summed E-state index contributed by atoms with van der Waals surface area (Å²) in [5.41, 5.74) is 1.79. The van der Waals surface area contributed by atoms with Crippen molar-refractivity contribution in [2.45, 2.75) is 46.1 Å². The van der Waals surface area contributed by atoms with E-state index in [4.69, 9.17) is 0 Å². The molecule has 0 bridgehead atoms. The minimum atomic E-state index is -0.397. The number of aliphatic hydroxyl groups is 1. The molecule has 0 aromatic heterocycles. The summed E-state index contributed by atoms with van der Waals surface area (Å²) in [4.78, 5) is 26.8. The van der Waals surface area contributed by atoms with Crippen LogP contribution in [0.25, 0.3) is 0 Å². The van der Waals surface area contributed by atoms with Crippen molar-refractivity contribution < 1.29 is 14.7 Å². The minimum Gasteiger partial charge on any atom is -0.393 e. The van der Waals surface area contributed by atoms with E-state index in [9.17, 15) is 14.7 Å². The number of nitrogens with one attached hydrogen (secondary N) is 1. The van der Waals surface area contributed by atoms with Crippen LogP contribution in [0.1, 0.15) is 49.0 Å². The van der Waals surface area contributed by atoms with Gasteiger partial charge in [-0.25, -0.2) is 0 Å². The predicted octanol–water partition coefficient (Wildman–Crippen LogP) is 2.37. The van der Waals surface area contributed by atoms with Crippen LogP contribution in [0.2, 0.25) is 0 Å². The lowest BCUT2D eigenvalue weighted by Crippen LogP contribution is -2.45. The maximum absolute atomic E-state index is 12.6. The van der Waals surface area contributed by atoms with Crippen molar-refractivity contribution in [3.05, 3.63) is 35.4 Å². The fourth-order valence-corrected chi connectivity index (χ4v) is 3.08. The zero-order valence-electron chi connectivity index (χ0n) is 15.5. The van der Waals surface area contributed by atoms with Crippen molar-refractivity contribution in [2.24, 2.45) is 11.8 Å². The topological polar surface area (TPSA) is 69.6 Å². The molecule has 2 amide bonds. The van der Waals surface area contributed by atoms with Crippen LogP contribution in [0.15, 0.2) is 24.3 Å². The van der Waals surface area contributed by atoms with Gasteiger partial charge in [-0.1, -0.05) is 31.5 Å². The molecule has 1 aliphatic rings. The molecule has 138 valence electrons. The van der Waals surface area contributed by atoms with Crippen LogP contribution in [0.3, 0.4) is 0 Å². The van der Waals surface area contributed by atoms with E-state index in [1.54, 1.807) is 4.90 Å². The second-order valence-electron chi connectivity index (χ2n) is 7.35. The number of piperidine rings is 1. The van der Waals surface area contributed by atoms with Crippen molar-refractivity contribution in [1.29, 1.82) is 0 Å². The monoisotopic (exact) mass is 346 g/mol. The molecular weight excluding hydrogens is 316 g/mol. The number of carbonyl (C=O) groups excluding carboxylic acids is 2. The number of nitrogens with zero attached hydrogens (tertiary/aromatic N) is 1. The quantitative estimate of drug-likeness (QED) is 0.831. The van der Waals surface area contributed by atoms with Gasteiger partial charge in [0.25, 0.3) is 5.91 Å². The fourth-order valence-electron chi connectivity index (χ4n) is 3.08. The van der Waals surface area contributed by atoms with E-state index in [-0.39, 0.29) is 23.7 Å². The lowest BCUT2D eigenvalue weighted by Gasteiger charge is -2.32. The van der Waals surface area contributed by atoms with Gasteiger partial charge < -0.3 is 15.3 Å². The highest BCUT2D eigenvalue weighted by atomic mass is 16.3. The van der Waals surface area contributed by atoms with E-state index in [1.807, 2.05) is 45.0 Å². The van der Waals surface area contributed by atoms with Crippen LogP contribution in [-0.4, -0.2) is 47.6 Å². The lowest BCUT2D eigenvalue weighted by atomic mass is 9.96. The molecule has 1 saturated heterocycles. The van der Waals surface area contributed by atoms with Gasteiger partial charge in [0.1, 0.15) is 0 Å². The largest absolute Gasteiger partial charge is 0.393 e. The van der Waals surface area contributed by atoms with Crippen molar-refractivity contribution in [3.8, 4) is 0 Å². The Bertz CT molecular complexity index is 583. The number of aryl methyl sites for hydroxylation is 1. The van der Waals surface area contributed by atoms with E-state index in [2.05, 4.69) is 5.32 Å². The summed E-state index contributed by atoms with van der Waals surface area (Å²) in [6.07, 6.45) is 1.80. The third-order valence-corrected chi connectivity index (χ3v) is 4.89. The van der Waals surface area contributed by atoms with Gasteiger partial charge in [0.05, 0.1) is 12.0 Å². The summed E-state index contributed by atoms with van der Waals surface area (Å²) in [5, 5.41) is 12.7. The molecule has 0 aliphatic carbocycles. The molecule has 2 unspecified atom stereocenters. The van der Waals surface area contributed by atoms with E-state index >= 15 is 0 Å². The first-order chi connectivity index (χ1) is 11.9. The van der Waals surface area contributed by atoms with Crippen molar-refractivity contribution in [1.82, 2.24) is 10.2 Å². The SMILES string of the molecule is Cc1ccc(C(=O)N2CCCC(C(=O)NCCC(O)C(C)C)C2)cc1. The Kier molecular flexibility index (Phi) is 7.00. The number of rotatable bonds is 6. The van der Waals surface area contributed by atoms with Gasteiger partial charge in [-0.3, -0.25) is 9.59 Å². The smallest absolute Gasteiger partial charge is 0.253 e. The van der Waals surface area contributed by atoms with Gasteiger partial charge in [-0.2, -0.15) is 0 Å². The first-order valence-electron chi connectivity index (χ1n) is 9.20. The van der Waals surface area contributed by atoms with Crippen LogP contribution in [0.4, 0.5) is 0 Å². The van der Waals surface area contributed by atoms with Crippen LogP contribution in [-0.2, 0) is 4.79 Å². The highest BCUT2D eigenvalue weighted by molar-refractivity contribution is 5.94. The van der Waals surface area contributed by atoms with Gasteiger partial charge >= 0.3 is 0 Å². The van der Waals surface area contributed by atoms with Crippen LogP contribution in [0.5, 0.6) is 0 Å². The highest BCUT2D eigenvalue weighted by Gasteiger charge is 2.28.